The molecule has 0 unspecified atom stereocenters. The molecule has 3 N–H and O–H groups in total. The van der Waals surface area contributed by atoms with E-state index in [9.17, 15) is 4.79 Å². The summed E-state index contributed by atoms with van der Waals surface area (Å²) in [6.07, 6.45) is 0. The van der Waals surface area contributed by atoms with Gasteiger partial charge in [0.25, 0.3) is 0 Å². The summed E-state index contributed by atoms with van der Waals surface area (Å²) in [4.78, 5) is 13.3. The normalized spacial score (nSPS) is 10.2. The highest BCUT2D eigenvalue weighted by atomic mass is 32.2. The van der Waals surface area contributed by atoms with Crippen molar-refractivity contribution in [3.05, 3.63) is 114 Å². The van der Waals surface area contributed by atoms with Gasteiger partial charge in [-0.3, -0.25) is 0 Å². The highest BCUT2D eigenvalue weighted by Gasteiger charge is 2.06. The van der Waals surface area contributed by atoms with Crippen LogP contribution >= 0.6 is 11.9 Å². The molecule has 0 aliphatic rings. The number of carbonyl (C=O) groups is 1. The van der Waals surface area contributed by atoms with Gasteiger partial charge in [0.2, 0.25) is 0 Å². The van der Waals surface area contributed by atoms with Crippen LogP contribution in [0.3, 0.4) is 0 Å². The van der Waals surface area contributed by atoms with Crippen LogP contribution in [0.15, 0.2) is 108 Å². The summed E-state index contributed by atoms with van der Waals surface area (Å²) in [5.74, 6) is 0. The molecule has 4 aromatic rings. The SMILES string of the molecule is N#Cc1ccc(CNC(=O)Nc2ccc(NSc3ccccc3-c3ccccc3)cc2)cc1. The minimum absolute atomic E-state index is 0.286. The molecule has 0 heterocycles. The number of amides is 2. The number of nitriles is 1. The second-order valence-corrected chi connectivity index (χ2v) is 8.11. The largest absolute Gasteiger partial charge is 0.334 e. The van der Waals surface area contributed by atoms with E-state index < -0.39 is 0 Å². The monoisotopic (exact) mass is 450 g/mol. The molecular weight excluding hydrogens is 428 g/mol. The molecule has 4 rings (SSSR count). The van der Waals surface area contributed by atoms with Gasteiger partial charge >= 0.3 is 6.03 Å². The van der Waals surface area contributed by atoms with E-state index in [1.807, 2.05) is 66.7 Å². The predicted octanol–water partition coefficient (Wildman–Crippen LogP) is 6.67. The van der Waals surface area contributed by atoms with Crippen molar-refractivity contribution in [3.8, 4) is 17.2 Å². The van der Waals surface area contributed by atoms with Crippen molar-refractivity contribution in [2.75, 3.05) is 10.0 Å². The zero-order valence-corrected chi connectivity index (χ0v) is 18.6. The topological polar surface area (TPSA) is 77.0 Å². The van der Waals surface area contributed by atoms with Crippen LogP contribution in [-0.4, -0.2) is 6.03 Å². The number of urea groups is 1. The van der Waals surface area contributed by atoms with Crippen LogP contribution < -0.4 is 15.4 Å². The fraction of sp³-hybridized carbons (Fsp3) is 0.0370. The van der Waals surface area contributed by atoms with Crippen molar-refractivity contribution in [1.29, 1.82) is 5.26 Å². The number of hydrogen-bond acceptors (Lipinski definition) is 4. The molecule has 4 aromatic carbocycles. The number of hydrogen-bond donors (Lipinski definition) is 3. The maximum absolute atomic E-state index is 12.2. The second-order valence-electron chi connectivity index (χ2n) is 7.26. The molecule has 0 saturated carbocycles. The Morgan fingerprint density at radius 1 is 0.788 bits per heavy atom. The molecular formula is C27H22N4OS. The lowest BCUT2D eigenvalue weighted by atomic mass is 10.1. The first-order valence-corrected chi connectivity index (χ1v) is 11.2. The van der Waals surface area contributed by atoms with Crippen LogP contribution in [0.25, 0.3) is 11.1 Å². The van der Waals surface area contributed by atoms with Crippen LogP contribution in [0.2, 0.25) is 0 Å². The molecule has 0 aromatic heterocycles. The Bertz CT molecular complexity index is 1250. The summed E-state index contributed by atoms with van der Waals surface area (Å²) in [7, 11) is 0. The maximum atomic E-state index is 12.2. The standard InChI is InChI=1S/C27H22N4OS/c28-18-20-10-12-21(13-11-20)19-29-27(32)30-23-14-16-24(17-15-23)31-33-26-9-5-4-8-25(26)22-6-2-1-3-7-22/h1-17,31H,19H2,(H2,29,30,32). The zero-order chi connectivity index (χ0) is 22.9. The van der Waals surface area contributed by atoms with Crippen LogP contribution in [-0.2, 0) is 6.54 Å². The number of nitrogens with zero attached hydrogens (tertiary/aromatic N) is 1. The molecule has 0 atom stereocenters. The third kappa shape index (κ3) is 6.16. The summed E-state index contributed by atoms with van der Waals surface area (Å²) in [5.41, 5.74) is 5.51. The van der Waals surface area contributed by atoms with Crippen molar-refractivity contribution in [3.63, 3.8) is 0 Å². The van der Waals surface area contributed by atoms with Gasteiger partial charge in [0.05, 0.1) is 11.6 Å². The van der Waals surface area contributed by atoms with E-state index in [1.165, 1.54) is 11.1 Å². The van der Waals surface area contributed by atoms with E-state index in [4.69, 9.17) is 5.26 Å². The second kappa shape index (κ2) is 10.9. The van der Waals surface area contributed by atoms with Crippen molar-refractivity contribution in [1.82, 2.24) is 5.32 Å². The molecule has 33 heavy (non-hydrogen) atoms. The minimum atomic E-state index is -0.286. The molecule has 0 radical (unpaired) electrons. The van der Waals surface area contributed by atoms with Gasteiger partial charge in [-0.15, -0.1) is 0 Å². The lowest BCUT2D eigenvalue weighted by molar-refractivity contribution is 0.251. The molecule has 0 fully saturated rings. The van der Waals surface area contributed by atoms with Crippen molar-refractivity contribution in [2.45, 2.75) is 11.4 Å². The number of carbonyl (C=O) groups excluding carboxylic acids is 1. The van der Waals surface area contributed by atoms with Crippen molar-refractivity contribution in [2.24, 2.45) is 0 Å². The Hall–Kier alpha value is -4.21. The smallest absolute Gasteiger partial charge is 0.319 e. The van der Waals surface area contributed by atoms with E-state index in [-0.39, 0.29) is 6.03 Å². The number of nitrogens with one attached hydrogen (secondary N) is 3. The summed E-state index contributed by atoms with van der Waals surface area (Å²) >= 11 is 1.55. The summed E-state index contributed by atoms with van der Waals surface area (Å²) < 4.78 is 3.37. The van der Waals surface area contributed by atoms with E-state index >= 15 is 0 Å². The van der Waals surface area contributed by atoms with E-state index in [2.05, 4.69) is 45.7 Å². The van der Waals surface area contributed by atoms with Crippen LogP contribution in [0.1, 0.15) is 11.1 Å². The first-order chi connectivity index (χ1) is 16.2. The van der Waals surface area contributed by atoms with Gasteiger partial charge in [-0.25, -0.2) is 4.79 Å². The summed E-state index contributed by atoms with van der Waals surface area (Å²) in [6.45, 7) is 0.384. The third-order valence-corrected chi connectivity index (χ3v) is 5.84. The van der Waals surface area contributed by atoms with Crippen LogP contribution in [0.4, 0.5) is 16.2 Å². The molecule has 0 spiro atoms. The highest BCUT2D eigenvalue weighted by Crippen LogP contribution is 2.32. The van der Waals surface area contributed by atoms with Gasteiger partial charge in [0.1, 0.15) is 0 Å². The van der Waals surface area contributed by atoms with Gasteiger partial charge in [-0.1, -0.05) is 60.7 Å². The molecule has 2 amide bonds. The van der Waals surface area contributed by atoms with Crippen molar-refractivity contribution >= 4 is 29.4 Å². The molecule has 6 heteroatoms. The van der Waals surface area contributed by atoms with Crippen LogP contribution in [0, 0.1) is 11.3 Å². The lowest BCUT2D eigenvalue weighted by Gasteiger charge is -2.12. The Balaban J connectivity index is 1.30. The van der Waals surface area contributed by atoms with E-state index in [0.717, 1.165) is 16.1 Å². The Labute approximate surface area is 197 Å². The van der Waals surface area contributed by atoms with Crippen molar-refractivity contribution < 1.29 is 4.79 Å². The predicted molar refractivity (Wildman–Crippen MR) is 135 cm³/mol. The average molecular weight is 451 g/mol. The number of rotatable bonds is 7. The molecule has 162 valence electrons. The third-order valence-electron chi connectivity index (χ3n) is 4.93. The molecule has 0 aliphatic carbocycles. The Kier molecular flexibility index (Phi) is 7.26. The fourth-order valence-electron chi connectivity index (χ4n) is 3.20. The van der Waals surface area contributed by atoms with Gasteiger partial charge in [0.15, 0.2) is 0 Å². The minimum Gasteiger partial charge on any atom is -0.334 e. The maximum Gasteiger partial charge on any atom is 0.319 e. The van der Waals surface area contributed by atoms with Gasteiger partial charge in [-0.2, -0.15) is 5.26 Å². The summed E-state index contributed by atoms with van der Waals surface area (Å²) in [6, 6.07) is 35.0. The average Bonchev–Trinajstić information content (AvgIpc) is 2.88. The van der Waals surface area contributed by atoms with Gasteiger partial charge < -0.3 is 15.4 Å². The zero-order valence-electron chi connectivity index (χ0n) is 17.8. The van der Waals surface area contributed by atoms with Crippen LogP contribution in [0.5, 0.6) is 0 Å². The number of anilines is 2. The first-order valence-electron chi connectivity index (χ1n) is 10.4. The van der Waals surface area contributed by atoms with Gasteiger partial charge in [0, 0.05) is 22.8 Å². The fourth-order valence-corrected chi connectivity index (χ4v) is 4.01. The summed E-state index contributed by atoms with van der Waals surface area (Å²) in [5, 5.41) is 14.5. The molecule has 0 saturated heterocycles. The Morgan fingerprint density at radius 3 is 2.18 bits per heavy atom. The molecule has 0 aliphatic heterocycles. The highest BCUT2D eigenvalue weighted by molar-refractivity contribution is 8.00. The molecule has 0 bridgehead atoms. The van der Waals surface area contributed by atoms with E-state index in [1.54, 1.807) is 24.1 Å². The first kappa shape index (κ1) is 22.0. The number of benzene rings is 4. The van der Waals surface area contributed by atoms with E-state index in [0.29, 0.717) is 17.8 Å². The lowest BCUT2D eigenvalue weighted by Crippen LogP contribution is -2.28. The Morgan fingerprint density at radius 2 is 1.45 bits per heavy atom. The molecule has 5 nitrogen and oxygen atoms in total. The van der Waals surface area contributed by atoms with Gasteiger partial charge in [-0.05, 0) is 71.1 Å². The quantitative estimate of drug-likeness (QED) is 0.275.